The number of nitrogens with zero attached hydrogens (tertiary/aromatic N) is 5. The molecule has 1 aromatic heterocycles. The van der Waals surface area contributed by atoms with Crippen molar-refractivity contribution < 1.29 is 9.59 Å². The van der Waals surface area contributed by atoms with Crippen molar-refractivity contribution in [2.75, 3.05) is 26.2 Å². The largest absolute Gasteiger partial charge is 0.335 e. The highest BCUT2D eigenvalue weighted by atomic mass is 16.2. The van der Waals surface area contributed by atoms with E-state index in [0.717, 1.165) is 18.5 Å². The molecule has 148 valence electrons. The fourth-order valence-electron chi connectivity index (χ4n) is 3.91. The molecular weight excluding hydrogens is 356 g/mol. The van der Waals surface area contributed by atoms with Crippen LogP contribution in [-0.2, 0) is 0 Å². The zero-order valence-corrected chi connectivity index (χ0v) is 16.0. The van der Waals surface area contributed by atoms with Crippen molar-refractivity contribution in [3.63, 3.8) is 0 Å². The van der Waals surface area contributed by atoms with E-state index in [9.17, 15) is 9.59 Å². The molecule has 1 aromatic carbocycles. The van der Waals surface area contributed by atoms with E-state index < -0.39 is 0 Å². The third-order valence-corrected chi connectivity index (χ3v) is 5.58. The quantitative estimate of drug-likeness (QED) is 0.881. The molecule has 0 atom stereocenters. The molecule has 0 bridgehead atoms. The third kappa shape index (κ3) is 4.16. The van der Waals surface area contributed by atoms with Gasteiger partial charge in [-0.2, -0.15) is 5.10 Å². The Morgan fingerprint density at radius 2 is 1.61 bits per heavy atom. The van der Waals surface area contributed by atoms with E-state index in [2.05, 4.69) is 15.4 Å². The van der Waals surface area contributed by atoms with Gasteiger partial charge in [-0.1, -0.05) is 19.3 Å². The summed E-state index contributed by atoms with van der Waals surface area (Å²) in [6, 6.07) is 7.65. The van der Waals surface area contributed by atoms with Crippen LogP contribution in [0, 0.1) is 0 Å². The minimum Gasteiger partial charge on any atom is -0.335 e. The second-order valence-electron chi connectivity index (χ2n) is 7.45. The van der Waals surface area contributed by atoms with Crippen LogP contribution in [0.4, 0.5) is 4.79 Å². The van der Waals surface area contributed by atoms with Crippen molar-refractivity contribution in [2.45, 2.75) is 38.1 Å². The molecule has 1 aliphatic heterocycles. The highest BCUT2D eigenvalue weighted by Gasteiger charge is 2.26. The number of piperazine rings is 1. The van der Waals surface area contributed by atoms with Gasteiger partial charge in [0.25, 0.3) is 5.91 Å². The number of aromatic nitrogens is 3. The van der Waals surface area contributed by atoms with Crippen molar-refractivity contribution in [1.82, 2.24) is 29.9 Å². The van der Waals surface area contributed by atoms with Gasteiger partial charge in [0.2, 0.25) is 0 Å². The average Bonchev–Trinajstić information content (AvgIpc) is 3.29. The van der Waals surface area contributed by atoms with Crippen LogP contribution in [0.3, 0.4) is 0 Å². The maximum atomic E-state index is 12.8. The standard InChI is InChI=1S/C20H26N6O2/c27-19(16-6-8-18(9-7-16)26-15-21-14-22-26)24-10-12-25(13-11-24)20(28)23-17-4-2-1-3-5-17/h6-9,14-15,17H,1-5,10-13H2,(H,23,28). The van der Waals surface area contributed by atoms with Crippen molar-refractivity contribution >= 4 is 11.9 Å². The Kier molecular flexibility index (Phi) is 5.55. The molecule has 8 heteroatoms. The number of carbonyl (C=O) groups is 2. The summed E-state index contributed by atoms with van der Waals surface area (Å²) >= 11 is 0. The van der Waals surface area contributed by atoms with Gasteiger partial charge in [0.15, 0.2) is 0 Å². The molecule has 1 N–H and O–H groups in total. The average molecular weight is 382 g/mol. The van der Waals surface area contributed by atoms with Gasteiger partial charge in [-0.05, 0) is 37.1 Å². The molecule has 1 saturated heterocycles. The molecule has 28 heavy (non-hydrogen) atoms. The first-order chi connectivity index (χ1) is 13.7. The minimum absolute atomic E-state index is 0.00233. The van der Waals surface area contributed by atoms with E-state index in [-0.39, 0.29) is 11.9 Å². The first-order valence-electron chi connectivity index (χ1n) is 10.0. The van der Waals surface area contributed by atoms with Crippen LogP contribution < -0.4 is 5.32 Å². The van der Waals surface area contributed by atoms with E-state index in [1.165, 1.54) is 25.6 Å². The molecule has 8 nitrogen and oxygen atoms in total. The van der Waals surface area contributed by atoms with E-state index in [0.29, 0.717) is 37.8 Å². The maximum Gasteiger partial charge on any atom is 0.317 e. The summed E-state index contributed by atoms with van der Waals surface area (Å²) in [5, 5.41) is 7.24. The number of benzene rings is 1. The molecule has 2 aliphatic rings. The SMILES string of the molecule is O=C(NC1CCCCC1)N1CCN(C(=O)c2ccc(-n3cncn3)cc2)CC1. The molecule has 1 aliphatic carbocycles. The zero-order valence-electron chi connectivity index (χ0n) is 16.0. The fourth-order valence-corrected chi connectivity index (χ4v) is 3.91. The van der Waals surface area contributed by atoms with Gasteiger partial charge < -0.3 is 15.1 Å². The number of nitrogens with one attached hydrogen (secondary N) is 1. The molecule has 0 spiro atoms. The highest BCUT2D eigenvalue weighted by molar-refractivity contribution is 5.94. The summed E-state index contributed by atoms with van der Waals surface area (Å²) in [4.78, 5) is 32.8. The third-order valence-electron chi connectivity index (χ3n) is 5.58. The van der Waals surface area contributed by atoms with Crippen LogP contribution in [0.25, 0.3) is 5.69 Å². The lowest BCUT2D eigenvalue weighted by Crippen LogP contribution is -2.54. The predicted octanol–water partition coefficient (Wildman–Crippen LogP) is 2.07. The highest BCUT2D eigenvalue weighted by Crippen LogP contribution is 2.18. The minimum atomic E-state index is -0.00233. The molecule has 0 radical (unpaired) electrons. The summed E-state index contributed by atoms with van der Waals surface area (Å²) in [6.07, 6.45) is 8.92. The first-order valence-corrected chi connectivity index (χ1v) is 10.0. The lowest BCUT2D eigenvalue weighted by molar-refractivity contribution is 0.0662. The molecule has 2 fully saturated rings. The molecule has 3 amide bonds. The summed E-state index contributed by atoms with van der Waals surface area (Å²) < 4.78 is 1.65. The summed E-state index contributed by atoms with van der Waals surface area (Å²) in [5.41, 5.74) is 1.50. The zero-order chi connectivity index (χ0) is 19.3. The summed E-state index contributed by atoms with van der Waals surface area (Å²) in [6.45, 7) is 2.26. The van der Waals surface area contributed by atoms with Crippen LogP contribution in [-0.4, -0.2) is 68.7 Å². The summed E-state index contributed by atoms with van der Waals surface area (Å²) in [5.74, 6) is -0.00233. The van der Waals surface area contributed by atoms with Gasteiger partial charge in [-0.25, -0.2) is 14.5 Å². The van der Waals surface area contributed by atoms with Crippen LogP contribution in [0.5, 0.6) is 0 Å². The Balaban J connectivity index is 1.29. The molecular formula is C20H26N6O2. The van der Waals surface area contributed by atoms with E-state index in [1.54, 1.807) is 11.0 Å². The number of urea groups is 1. The molecule has 0 unspecified atom stereocenters. The van der Waals surface area contributed by atoms with Crippen LogP contribution in [0.1, 0.15) is 42.5 Å². The molecule has 2 heterocycles. The van der Waals surface area contributed by atoms with E-state index in [4.69, 9.17) is 0 Å². The monoisotopic (exact) mass is 382 g/mol. The Bertz CT molecular complexity index is 791. The molecule has 1 saturated carbocycles. The Labute approximate surface area is 164 Å². The van der Waals surface area contributed by atoms with E-state index in [1.807, 2.05) is 34.1 Å². The van der Waals surface area contributed by atoms with E-state index >= 15 is 0 Å². The summed E-state index contributed by atoms with van der Waals surface area (Å²) in [7, 11) is 0. The predicted molar refractivity (Wildman–Crippen MR) is 104 cm³/mol. The number of hydrogen-bond donors (Lipinski definition) is 1. The van der Waals surface area contributed by atoms with Gasteiger partial charge in [-0.15, -0.1) is 0 Å². The number of amides is 3. The lowest BCUT2D eigenvalue weighted by Gasteiger charge is -2.36. The molecule has 4 rings (SSSR count). The van der Waals surface area contributed by atoms with Crippen molar-refractivity contribution in [1.29, 1.82) is 0 Å². The number of hydrogen-bond acceptors (Lipinski definition) is 4. The maximum absolute atomic E-state index is 12.8. The van der Waals surface area contributed by atoms with Gasteiger partial charge in [0.05, 0.1) is 5.69 Å². The lowest BCUT2D eigenvalue weighted by atomic mass is 9.96. The van der Waals surface area contributed by atoms with Crippen molar-refractivity contribution in [3.8, 4) is 5.69 Å². The van der Waals surface area contributed by atoms with Crippen molar-refractivity contribution in [2.24, 2.45) is 0 Å². The van der Waals surface area contributed by atoms with Crippen molar-refractivity contribution in [3.05, 3.63) is 42.5 Å². The first kappa shape index (κ1) is 18.5. The molecule has 2 aromatic rings. The number of carbonyl (C=O) groups excluding carboxylic acids is 2. The van der Waals surface area contributed by atoms with Gasteiger partial charge >= 0.3 is 6.03 Å². The second-order valence-corrected chi connectivity index (χ2v) is 7.45. The topological polar surface area (TPSA) is 83.4 Å². The van der Waals surface area contributed by atoms with Gasteiger partial charge in [-0.3, -0.25) is 4.79 Å². The Hall–Kier alpha value is -2.90. The second kappa shape index (κ2) is 8.41. The van der Waals surface area contributed by atoms with Crippen LogP contribution in [0.15, 0.2) is 36.9 Å². The Morgan fingerprint density at radius 3 is 2.25 bits per heavy atom. The normalized spacial score (nSPS) is 18.1. The van der Waals surface area contributed by atoms with Crippen LogP contribution >= 0.6 is 0 Å². The van der Waals surface area contributed by atoms with Crippen LogP contribution in [0.2, 0.25) is 0 Å². The Morgan fingerprint density at radius 1 is 0.929 bits per heavy atom. The fraction of sp³-hybridized carbons (Fsp3) is 0.500. The van der Waals surface area contributed by atoms with Gasteiger partial charge in [0, 0.05) is 37.8 Å². The smallest absolute Gasteiger partial charge is 0.317 e. The number of rotatable bonds is 3. The van der Waals surface area contributed by atoms with Gasteiger partial charge in [0.1, 0.15) is 12.7 Å².